The molecule has 1 heteroatoms. The van der Waals surface area contributed by atoms with Crippen LogP contribution < -0.4 is 0 Å². The summed E-state index contributed by atoms with van der Waals surface area (Å²) in [7, 11) is 0. The second kappa shape index (κ2) is 2.37. The Morgan fingerprint density at radius 1 is 1.40 bits per heavy atom. The first-order valence-corrected chi connectivity index (χ1v) is 4.09. The van der Waals surface area contributed by atoms with Crippen molar-refractivity contribution in [1.29, 1.82) is 0 Å². The van der Waals surface area contributed by atoms with E-state index in [1.807, 2.05) is 0 Å². The topological polar surface area (TPSA) is 12.4 Å². The van der Waals surface area contributed by atoms with Crippen molar-refractivity contribution in [2.24, 2.45) is 16.3 Å². The van der Waals surface area contributed by atoms with Gasteiger partial charge in [0.15, 0.2) is 0 Å². The molecule has 0 bridgehead atoms. The average Bonchev–Trinajstić information content (AvgIpc) is 2.08. The molecule has 1 heterocycles. The summed E-state index contributed by atoms with van der Waals surface area (Å²) in [6.07, 6.45) is 1.24. The van der Waals surface area contributed by atoms with E-state index in [0.717, 1.165) is 6.54 Å². The normalized spacial score (nSPS) is 23.5. The number of rotatable bonds is 1. The molecule has 0 radical (unpaired) electrons. The van der Waals surface area contributed by atoms with Crippen molar-refractivity contribution in [1.82, 2.24) is 0 Å². The van der Waals surface area contributed by atoms with Gasteiger partial charge in [0.2, 0.25) is 0 Å². The lowest BCUT2D eigenvalue weighted by Gasteiger charge is -2.22. The van der Waals surface area contributed by atoms with E-state index < -0.39 is 0 Å². The third-order valence-electron chi connectivity index (χ3n) is 2.26. The van der Waals surface area contributed by atoms with Crippen LogP contribution in [0.5, 0.6) is 0 Å². The summed E-state index contributed by atoms with van der Waals surface area (Å²) in [5.41, 5.74) is 1.79. The Balaban J connectivity index is 2.75. The molecule has 10 heavy (non-hydrogen) atoms. The van der Waals surface area contributed by atoms with E-state index in [0.29, 0.717) is 11.3 Å². The summed E-state index contributed by atoms with van der Waals surface area (Å²) < 4.78 is 0. The molecule has 0 aliphatic carbocycles. The molecular weight excluding hydrogens is 122 g/mol. The minimum absolute atomic E-state index is 0.383. The summed E-state index contributed by atoms with van der Waals surface area (Å²) in [6, 6.07) is 0. The predicted molar refractivity (Wildman–Crippen MR) is 45.5 cm³/mol. The van der Waals surface area contributed by atoms with Gasteiger partial charge in [-0.25, -0.2) is 0 Å². The third kappa shape index (κ3) is 1.23. The van der Waals surface area contributed by atoms with Crippen LogP contribution >= 0.6 is 0 Å². The van der Waals surface area contributed by atoms with Crippen LogP contribution in [0.15, 0.2) is 4.99 Å². The van der Waals surface area contributed by atoms with E-state index in [9.17, 15) is 0 Å². The van der Waals surface area contributed by atoms with E-state index in [2.05, 4.69) is 32.7 Å². The van der Waals surface area contributed by atoms with E-state index in [-0.39, 0.29) is 0 Å². The molecule has 0 saturated heterocycles. The Morgan fingerprint density at radius 2 is 2.00 bits per heavy atom. The molecule has 0 aromatic carbocycles. The van der Waals surface area contributed by atoms with Crippen molar-refractivity contribution in [3.05, 3.63) is 0 Å². The molecule has 1 rings (SSSR count). The maximum Gasteiger partial charge on any atom is 0.0397 e. The van der Waals surface area contributed by atoms with E-state index in [1.165, 1.54) is 12.1 Å². The van der Waals surface area contributed by atoms with Gasteiger partial charge in [-0.05, 0) is 12.3 Å². The van der Waals surface area contributed by atoms with Crippen LogP contribution in [0.3, 0.4) is 0 Å². The molecule has 1 nitrogen and oxygen atoms in total. The number of nitrogens with zero attached hydrogens (tertiary/aromatic N) is 1. The van der Waals surface area contributed by atoms with Crippen LogP contribution in [-0.2, 0) is 0 Å². The zero-order valence-corrected chi connectivity index (χ0v) is 7.44. The van der Waals surface area contributed by atoms with Gasteiger partial charge in [0.05, 0.1) is 0 Å². The van der Waals surface area contributed by atoms with Gasteiger partial charge in [0.1, 0.15) is 0 Å². The van der Waals surface area contributed by atoms with Crippen LogP contribution in [0.2, 0.25) is 0 Å². The highest BCUT2D eigenvalue weighted by Gasteiger charge is 2.30. The smallest absolute Gasteiger partial charge is 0.0397 e. The Morgan fingerprint density at radius 3 is 2.20 bits per heavy atom. The molecule has 0 amide bonds. The first kappa shape index (κ1) is 7.77. The van der Waals surface area contributed by atoms with Crippen LogP contribution in [0.1, 0.15) is 34.1 Å². The first-order chi connectivity index (χ1) is 4.54. The fourth-order valence-electron chi connectivity index (χ4n) is 1.76. The number of aliphatic imine (C=N–C) groups is 1. The summed E-state index contributed by atoms with van der Waals surface area (Å²) >= 11 is 0. The first-order valence-electron chi connectivity index (χ1n) is 4.09. The van der Waals surface area contributed by atoms with E-state index in [4.69, 9.17) is 0 Å². The van der Waals surface area contributed by atoms with Crippen LogP contribution in [-0.4, -0.2) is 12.3 Å². The van der Waals surface area contributed by atoms with Crippen LogP contribution in [0.4, 0.5) is 0 Å². The Labute approximate surface area is 63.5 Å². The summed E-state index contributed by atoms with van der Waals surface area (Å²) in [6.45, 7) is 10.1. The molecule has 58 valence electrons. The van der Waals surface area contributed by atoms with Gasteiger partial charge >= 0.3 is 0 Å². The zero-order chi connectivity index (χ0) is 7.78. The lowest BCUT2D eigenvalue weighted by atomic mass is 9.81. The molecule has 0 unspecified atom stereocenters. The molecule has 0 aromatic rings. The third-order valence-corrected chi connectivity index (χ3v) is 2.26. The van der Waals surface area contributed by atoms with Gasteiger partial charge in [-0.1, -0.05) is 27.7 Å². The minimum atomic E-state index is 0.383. The molecule has 1 aliphatic heterocycles. The fraction of sp³-hybridized carbons (Fsp3) is 0.889. The molecule has 1 aliphatic rings. The average molecular weight is 139 g/mol. The quantitative estimate of drug-likeness (QED) is 0.529. The van der Waals surface area contributed by atoms with E-state index in [1.54, 1.807) is 0 Å². The summed E-state index contributed by atoms with van der Waals surface area (Å²) in [4.78, 5) is 4.50. The second-order valence-electron chi connectivity index (χ2n) is 4.06. The highest BCUT2D eigenvalue weighted by atomic mass is 14.8. The van der Waals surface area contributed by atoms with Gasteiger partial charge in [-0.3, -0.25) is 4.99 Å². The lowest BCUT2D eigenvalue weighted by Crippen LogP contribution is -2.24. The van der Waals surface area contributed by atoms with Crippen LogP contribution in [0.25, 0.3) is 0 Å². The Bertz CT molecular complexity index is 154. The maximum atomic E-state index is 4.50. The summed E-state index contributed by atoms with van der Waals surface area (Å²) in [5.74, 6) is 0.637. The highest BCUT2D eigenvalue weighted by molar-refractivity contribution is 5.92. The molecule has 0 aromatic heterocycles. The van der Waals surface area contributed by atoms with Crippen molar-refractivity contribution in [2.75, 3.05) is 6.54 Å². The monoisotopic (exact) mass is 139 g/mol. The highest BCUT2D eigenvalue weighted by Crippen LogP contribution is 2.31. The molecular formula is C9H17N. The van der Waals surface area contributed by atoms with Gasteiger partial charge < -0.3 is 0 Å². The standard InChI is InChI=1S/C9H17N/c1-7(2)8-9(3,4)5-6-10-8/h7H,5-6H2,1-4H3. The Kier molecular flexibility index (Phi) is 1.84. The van der Waals surface area contributed by atoms with Crippen LogP contribution in [0, 0.1) is 11.3 Å². The maximum absolute atomic E-state index is 4.50. The Hall–Kier alpha value is -0.330. The van der Waals surface area contributed by atoms with Gasteiger partial charge in [-0.15, -0.1) is 0 Å². The lowest BCUT2D eigenvalue weighted by molar-refractivity contribution is 0.500. The largest absolute Gasteiger partial charge is 0.293 e. The molecule has 0 spiro atoms. The van der Waals surface area contributed by atoms with Gasteiger partial charge in [-0.2, -0.15) is 0 Å². The molecule has 0 fully saturated rings. The number of hydrogen-bond donors (Lipinski definition) is 0. The van der Waals surface area contributed by atoms with Crippen molar-refractivity contribution >= 4 is 5.71 Å². The fourth-order valence-corrected chi connectivity index (χ4v) is 1.76. The molecule has 0 saturated carbocycles. The summed E-state index contributed by atoms with van der Waals surface area (Å²) in [5, 5.41) is 0. The van der Waals surface area contributed by atoms with Gasteiger partial charge in [0, 0.05) is 17.7 Å². The van der Waals surface area contributed by atoms with E-state index >= 15 is 0 Å². The SMILES string of the molecule is CC(C)C1=NCCC1(C)C. The van der Waals surface area contributed by atoms with Crippen molar-refractivity contribution in [3.8, 4) is 0 Å². The minimum Gasteiger partial charge on any atom is -0.293 e. The second-order valence-corrected chi connectivity index (χ2v) is 4.06. The predicted octanol–water partition coefficient (Wildman–Crippen LogP) is 2.51. The van der Waals surface area contributed by atoms with Crippen molar-refractivity contribution < 1.29 is 0 Å². The molecule has 0 N–H and O–H groups in total. The van der Waals surface area contributed by atoms with Gasteiger partial charge in [0.25, 0.3) is 0 Å². The molecule has 0 atom stereocenters. The number of hydrogen-bond acceptors (Lipinski definition) is 1. The van der Waals surface area contributed by atoms with Crippen molar-refractivity contribution in [2.45, 2.75) is 34.1 Å². The zero-order valence-electron chi connectivity index (χ0n) is 7.44. The van der Waals surface area contributed by atoms with Crippen molar-refractivity contribution in [3.63, 3.8) is 0 Å².